The number of hydrogen-bond donors (Lipinski definition) is 1. The summed E-state index contributed by atoms with van der Waals surface area (Å²) in [5.41, 5.74) is 5.69. The van der Waals surface area contributed by atoms with Crippen LogP contribution in [0, 0.1) is 0 Å². The average Bonchev–Trinajstić information content (AvgIpc) is 3.03. The van der Waals surface area contributed by atoms with E-state index in [1.54, 1.807) is 0 Å². The highest BCUT2D eigenvalue weighted by Crippen LogP contribution is 2.35. The van der Waals surface area contributed by atoms with Crippen LogP contribution in [0.3, 0.4) is 0 Å². The maximum atomic E-state index is 5.55. The highest BCUT2D eigenvalue weighted by molar-refractivity contribution is 5.82. The first-order valence-corrected chi connectivity index (χ1v) is 8.31. The van der Waals surface area contributed by atoms with Crippen molar-refractivity contribution in [3.05, 3.63) is 54.5 Å². The van der Waals surface area contributed by atoms with Crippen molar-refractivity contribution >= 4 is 0 Å². The van der Waals surface area contributed by atoms with Crippen LogP contribution in [0.5, 0.6) is 5.75 Å². The quantitative estimate of drug-likeness (QED) is 0.802. The van der Waals surface area contributed by atoms with Gasteiger partial charge in [-0.1, -0.05) is 0 Å². The highest BCUT2D eigenvalue weighted by Gasteiger charge is 2.22. The summed E-state index contributed by atoms with van der Waals surface area (Å²) in [6, 6.07) is 12.3. The molecule has 0 aliphatic carbocycles. The minimum atomic E-state index is 0.673. The van der Waals surface area contributed by atoms with Crippen molar-refractivity contribution in [2.75, 3.05) is 13.2 Å². The normalized spacial score (nSPS) is 13.5. The Kier molecular flexibility index (Phi) is 4.01. The van der Waals surface area contributed by atoms with E-state index in [0.29, 0.717) is 6.61 Å². The van der Waals surface area contributed by atoms with Gasteiger partial charge in [0.25, 0.3) is 0 Å². The fourth-order valence-corrected chi connectivity index (χ4v) is 3.15. The molecule has 0 bridgehead atoms. The molecule has 4 rings (SSSR count). The number of pyridine rings is 1. The number of fused-ring (bicyclic) bond motifs is 1. The van der Waals surface area contributed by atoms with E-state index in [4.69, 9.17) is 9.84 Å². The van der Waals surface area contributed by atoms with E-state index in [1.807, 2.05) is 43.6 Å². The molecule has 0 spiro atoms. The van der Waals surface area contributed by atoms with Gasteiger partial charge < -0.3 is 10.1 Å². The van der Waals surface area contributed by atoms with Crippen molar-refractivity contribution in [2.24, 2.45) is 0 Å². The van der Waals surface area contributed by atoms with Crippen LogP contribution in [-0.4, -0.2) is 27.9 Å². The maximum absolute atomic E-state index is 5.55. The van der Waals surface area contributed by atoms with Gasteiger partial charge in [0.15, 0.2) is 0 Å². The summed E-state index contributed by atoms with van der Waals surface area (Å²) in [6.45, 7) is 5.34. The van der Waals surface area contributed by atoms with E-state index in [0.717, 1.165) is 42.2 Å². The summed E-state index contributed by atoms with van der Waals surface area (Å²) in [7, 11) is 0. The second kappa shape index (κ2) is 6.45. The lowest BCUT2D eigenvalue weighted by molar-refractivity contribution is 0.340. The molecule has 3 aromatic rings. The fourth-order valence-electron chi connectivity index (χ4n) is 3.15. The van der Waals surface area contributed by atoms with Gasteiger partial charge in [-0.2, -0.15) is 5.10 Å². The fraction of sp³-hybridized carbons (Fsp3) is 0.263. The SMILES string of the molecule is CCOc1ccc(-c2nn3c(c2-c2ccncc2)CNCC3)cc1. The molecule has 0 saturated carbocycles. The second-order valence-corrected chi connectivity index (χ2v) is 5.76. The van der Waals surface area contributed by atoms with Gasteiger partial charge in [0, 0.05) is 36.6 Å². The van der Waals surface area contributed by atoms with E-state index in [1.165, 1.54) is 11.3 Å². The molecule has 0 unspecified atom stereocenters. The van der Waals surface area contributed by atoms with Crippen LogP contribution < -0.4 is 10.1 Å². The Balaban J connectivity index is 1.84. The van der Waals surface area contributed by atoms with Gasteiger partial charge in [0.05, 0.1) is 18.8 Å². The van der Waals surface area contributed by atoms with Gasteiger partial charge in [-0.05, 0) is 48.9 Å². The van der Waals surface area contributed by atoms with E-state index < -0.39 is 0 Å². The predicted molar refractivity (Wildman–Crippen MR) is 93.8 cm³/mol. The molecule has 24 heavy (non-hydrogen) atoms. The summed E-state index contributed by atoms with van der Waals surface area (Å²) < 4.78 is 7.67. The van der Waals surface area contributed by atoms with Crippen molar-refractivity contribution in [2.45, 2.75) is 20.0 Å². The Bertz CT molecular complexity index is 825. The Hall–Kier alpha value is -2.66. The Labute approximate surface area is 141 Å². The van der Waals surface area contributed by atoms with Gasteiger partial charge in [-0.15, -0.1) is 0 Å². The lowest BCUT2D eigenvalue weighted by atomic mass is 9.99. The van der Waals surface area contributed by atoms with Crippen LogP contribution in [0.2, 0.25) is 0 Å². The molecule has 5 nitrogen and oxygen atoms in total. The first-order chi connectivity index (χ1) is 11.9. The van der Waals surface area contributed by atoms with Crippen LogP contribution in [0.25, 0.3) is 22.4 Å². The van der Waals surface area contributed by atoms with Crippen molar-refractivity contribution in [3.63, 3.8) is 0 Å². The van der Waals surface area contributed by atoms with Gasteiger partial charge in [0.2, 0.25) is 0 Å². The van der Waals surface area contributed by atoms with Gasteiger partial charge in [-0.25, -0.2) is 0 Å². The number of rotatable bonds is 4. The van der Waals surface area contributed by atoms with E-state index >= 15 is 0 Å². The zero-order valence-electron chi connectivity index (χ0n) is 13.7. The second-order valence-electron chi connectivity index (χ2n) is 5.76. The monoisotopic (exact) mass is 320 g/mol. The predicted octanol–water partition coefficient (Wildman–Crippen LogP) is 3.11. The maximum Gasteiger partial charge on any atom is 0.119 e. The van der Waals surface area contributed by atoms with E-state index in [9.17, 15) is 0 Å². The van der Waals surface area contributed by atoms with E-state index in [2.05, 4.69) is 27.1 Å². The van der Waals surface area contributed by atoms with Gasteiger partial charge in [0.1, 0.15) is 11.4 Å². The largest absolute Gasteiger partial charge is 0.494 e. The Morgan fingerprint density at radius 1 is 1.08 bits per heavy atom. The van der Waals surface area contributed by atoms with Gasteiger partial charge >= 0.3 is 0 Å². The first-order valence-electron chi connectivity index (χ1n) is 8.31. The molecule has 1 aliphatic rings. The molecule has 122 valence electrons. The molecule has 0 fully saturated rings. The molecule has 1 aliphatic heterocycles. The van der Waals surface area contributed by atoms with Crippen LogP contribution in [0.15, 0.2) is 48.8 Å². The molecule has 5 heteroatoms. The summed E-state index contributed by atoms with van der Waals surface area (Å²) in [5.74, 6) is 0.886. The Morgan fingerprint density at radius 3 is 2.62 bits per heavy atom. The minimum Gasteiger partial charge on any atom is -0.494 e. The van der Waals surface area contributed by atoms with Crippen LogP contribution >= 0.6 is 0 Å². The molecule has 1 N–H and O–H groups in total. The van der Waals surface area contributed by atoms with Gasteiger partial charge in [-0.3, -0.25) is 9.67 Å². The summed E-state index contributed by atoms with van der Waals surface area (Å²) >= 11 is 0. The third-order valence-corrected chi connectivity index (χ3v) is 4.26. The standard InChI is InChI=1S/C19H20N4O/c1-2-24-16-5-3-15(4-6-16)19-18(14-7-9-20-10-8-14)17-13-21-11-12-23(17)22-19/h3-10,21H,2,11-13H2,1H3. The molecule has 2 aromatic heterocycles. The van der Waals surface area contributed by atoms with Crippen LogP contribution in [-0.2, 0) is 13.1 Å². The van der Waals surface area contributed by atoms with Crippen molar-refractivity contribution in [3.8, 4) is 28.1 Å². The molecule has 0 atom stereocenters. The van der Waals surface area contributed by atoms with Crippen molar-refractivity contribution in [1.82, 2.24) is 20.1 Å². The molecule has 1 aromatic carbocycles. The number of nitrogens with zero attached hydrogens (tertiary/aromatic N) is 3. The molecular weight excluding hydrogens is 300 g/mol. The summed E-state index contributed by atoms with van der Waals surface area (Å²) in [4.78, 5) is 4.14. The topological polar surface area (TPSA) is 52.0 Å². The van der Waals surface area contributed by atoms with E-state index in [-0.39, 0.29) is 0 Å². The van der Waals surface area contributed by atoms with Crippen LogP contribution in [0.4, 0.5) is 0 Å². The number of benzene rings is 1. The minimum absolute atomic E-state index is 0.673. The zero-order chi connectivity index (χ0) is 16.4. The average molecular weight is 320 g/mol. The molecular formula is C19H20N4O. The number of aromatic nitrogens is 3. The lowest BCUT2D eigenvalue weighted by Crippen LogP contribution is -2.28. The number of hydrogen-bond acceptors (Lipinski definition) is 4. The zero-order valence-corrected chi connectivity index (χ0v) is 13.7. The molecule has 0 radical (unpaired) electrons. The third kappa shape index (κ3) is 2.67. The molecule has 0 amide bonds. The molecule has 3 heterocycles. The molecule has 0 saturated heterocycles. The first kappa shape index (κ1) is 14.9. The van der Waals surface area contributed by atoms with Crippen molar-refractivity contribution in [1.29, 1.82) is 0 Å². The third-order valence-electron chi connectivity index (χ3n) is 4.26. The number of ether oxygens (including phenoxy) is 1. The summed E-state index contributed by atoms with van der Waals surface area (Å²) in [5, 5.41) is 8.33. The Morgan fingerprint density at radius 2 is 1.88 bits per heavy atom. The number of nitrogens with one attached hydrogen (secondary N) is 1. The smallest absolute Gasteiger partial charge is 0.119 e. The summed E-state index contributed by atoms with van der Waals surface area (Å²) in [6.07, 6.45) is 3.66. The van der Waals surface area contributed by atoms with Crippen LogP contribution in [0.1, 0.15) is 12.6 Å². The van der Waals surface area contributed by atoms with Crippen molar-refractivity contribution < 1.29 is 4.74 Å². The lowest BCUT2D eigenvalue weighted by Gasteiger charge is -2.16. The highest BCUT2D eigenvalue weighted by atomic mass is 16.5.